The molecule has 0 N–H and O–H groups in total. The van der Waals surface area contributed by atoms with Crippen molar-refractivity contribution in [3.05, 3.63) is 57.4 Å². The van der Waals surface area contributed by atoms with Gasteiger partial charge in [0, 0.05) is 6.42 Å². The van der Waals surface area contributed by atoms with Gasteiger partial charge in [0.1, 0.15) is 6.04 Å². The van der Waals surface area contributed by atoms with Crippen LogP contribution in [0.3, 0.4) is 0 Å². The summed E-state index contributed by atoms with van der Waals surface area (Å²) < 4.78 is 0. The number of nitrogens with zero attached hydrogens (tertiary/aromatic N) is 2. The summed E-state index contributed by atoms with van der Waals surface area (Å²) in [4.78, 5) is 32.8. The lowest BCUT2D eigenvalue weighted by Gasteiger charge is -2.10. The standard InChI is InChI=1S/C14H10N2O2S/c17-12(13-6-3-7-19-13)8-11-14(18)16-10-5-2-1-4-9(10)15-11/h1-7,11H,8H2/t11-/m1/s1. The van der Waals surface area contributed by atoms with Crippen LogP contribution in [-0.4, -0.2) is 17.7 Å². The highest BCUT2D eigenvalue weighted by Gasteiger charge is 2.23. The molecule has 1 aliphatic rings. The SMILES string of the molecule is O=C(C[C@H]1N=c2ccccc2=NC1=O)c1cccs1. The lowest BCUT2D eigenvalue weighted by Crippen LogP contribution is -2.37. The van der Waals surface area contributed by atoms with E-state index in [1.165, 1.54) is 11.3 Å². The third-order valence-electron chi connectivity index (χ3n) is 2.87. The monoisotopic (exact) mass is 270 g/mol. The van der Waals surface area contributed by atoms with Crippen LogP contribution in [0.2, 0.25) is 0 Å². The van der Waals surface area contributed by atoms with E-state index < -0.39 is 6.04 Å². The number of fused-ring (bicyclic) bond motifs is 1. The highest BCUT2D eigenvalue weighted by molar-refractivity contribution is 7.12. The molecule has 19 heavy (non-hydrogen) atoms. The number of ketones is 1. The number of hydrogen-bond donors (Lipinski definition) is 0. The van der Waals surface area contributed by atoms with E-state index in [0.717, 1.165) is 0 Å². The fourth-order valence-corrected chi connectivity index (χ4v) is 2.61. The number of benzene rings is 1. The van der Waals surface area contributed by atoms with Crippen LogP contribution in [0.25, 0.3) is 0 Å². The van der Waals surface area contributed by atoms with E-state index in [9.17, 15) is 9.59 Å². The highest BCUT2D eigenvalue weighted by atomic mass is 32.1. The zero-order chi connectivity index (χ0) is 13.2. The molecule has 0 unspecified atom stereocenters. The molecule has 3 rings (SSSR count). The fourth-order valence-electron chi connectivity index (χ4n) is 1.93. The lowest BCUT2D eigenvalue weighted by molar-refractivity contribution is -0.119. The Kier molecular flexibility index (Phi) is 3.05. The minimum absolute atomic E-state index is 0.0633. The zero-order valence-corrected chi connectivity index (χ0v) is 10.8. The first-order chi connectivity index (χ1) is 9.24. The average molecular weight is 270 g/mol. The Hall–Kier alpha value is -2.14. The van der Waals surface area contributed by atoms with Crippen LogP contribution >= 0.6 is 11.3 Å². The Labute approximate surface area is 113 Å². The topological polar surface area (TPSA) is 58.9 Å². The molecule has 0 fully saturated rings. The van der Waals surface area contributed by atoms with Gasteiger partial charge < -0.3 is 0 Å². The second-order valence-corrected chi connectivity index (χ2v) is 5.14. The van der Waals surface area contributed by atoms with Gasteiger partial charge in [-0.25, -0.2) is 4.99 Å². The molecule has 0 saturated heterocycles. The van der Waals surface area contributed by atoms with Gasteiger partial charge in [-0.3, -0.25) is 14.6 Å². The van der Waals surface area contributed by atoms with E-state index in [2.05, 4.69) is 9.98 Å². The number of hydrogen-bond acceptors (Lipinski definition) is 4. The van der Waals surface area contributed by atoms with Gasteiger partial charge in [-0.1, -0.05) is 18.2 Å². The van der Waals surface area contributed by atoms with Gasteiger partial charge in [0.15, 0.2) is 5.78 Å². The predicted molar refractivity (Wildman–Crippen MR) is 70.8 cm³/mol. The number of para-hydroxylation sites is 2. The summed E-state index contributed by atoms with van der Waals surface area (Å²) >= 11 is 1.37. The normalized spacial score (nSPS) is 17.3. The largest absolute Gasteiger partial charge is 0.293 e. The molecule has 1 aromatic carbocycles. The van der Waals surface area contributed by atoms with Crippen molar-refractivity contribution < 1.29 is 9.59 Å². The van der Waals surface area contributed by atoms with Crippen LogP contribution in [-0.2, 0) is 4.79 Å². The molecule has 0 radical (unpaired) electrons. The number of rotatable bonds is 3. The Morgan fingerprint density at radius 3 is 2.68 bits per heavy atom. The van der Waals surface area contributed by atoms with Crippen molar-refractivity contribution in [3.63, 3.8) is 0 Å². The Balaban J connectivity index is 1.89. The molecule has 0 spiro atoms. The summed E-state index contributed by atoms with van der Waals surface area (Å²) in [6.45, 7) is 0. The molecule has 0 aliphatic carbocycles. The molecule has 1 aromatic heterocycles. The second-order valence-electron chi connectivity index (χ2n) is 4.19. The predicted octanol–water partition coefficient (Wildman–Crippen LogP) is 1.17. The van der Waals surface area contributed by atoms with Crippen LogP contribution in [0.5, 0.6) is 0 Å². The van der Waals surface area contributed by atoms with Crippen molar-refractivity contribution in [2.45, 2.75) is 12.5 Å². The lowest BCUT2D eigenvalue weighted by atomic mass is 10.1. The maximum absolute atomic E-state index is 12.0. The summed E-state index contributed by atoms with van der Waals surface area (Å²) in [5.41, 5.74) is 0. The number of Topliss-reactive ketones (excluding diaryl/α,β-unsaturated/α-hetero) is 1. The van der Waals surface area contributed by atoms with E-state index in [1.54, 1.807) is 18.2 Å². The van der Waals surface area contributed by atoms with Gasteiger partial charge >= 0.3 is 0 Å². The highest BCUT2D eigenvalue weighted by Crippen LogP contribution is 2.14. The van der Waals surface area contributed by atoms with E-state index in [4.69, 9.17) is 0 Å². The Morgan fingerprint density at radius 1 is 1.16 bits per heavy atom. The summed E-state index contributed by atoms with van der Waals surface area (Å²) in [7, 11) is 0. The van der Waals surface area contributed by atoms with E-state index in [1.807, 2.05) is 23.6 Å². The van der Waals surface area contributed by atoms with Crippen molar-refractivity contribution in [2.75, 3.05) is 0 Å². The first kappa shape index (κ1) is 11.9. The summed E-state index contributed by atoms with van der Waals surface area (Å²) in [6.07, 6.45) is 0.0805. The van der Waals surface area contributed by atoms with Crippen molar-refractivity contribution in [1.29, 1.82) is 0 Å². The smallest absolute Gasteiger partial charge is 0.271 e. The van der Waals surface area contributed by atoms with Crippen LogP contribution in [0.15, 0.2) is 51.8 Å². The Morgan fingerprint density at radius 2 is 1.95 bits per heavy atom. The molecule has 2 aromatic rings. The molecular formula is C14H10N2O2S. The molecule has 1 amide bonds. The van der Waals surface area contributed by atoms with Crippen molar-refractivity contribution in [1.82, 2.24) is 0 Å². The number of thiophene rings is 1. The molecule has 2 heterocycles. The van der Waals surface area contributed by atoms with E-state index >= 15 is 0 Å². The van der Waals surface area contributed by atoms with E-state index in [-0.39, 0.29) is 18.1 Å². The first-order valence-electron chi connectivity index (χ1n) is 5.86. The third kappa shape index (κ3) is 2.37. The second kappa shape index (κ2) is 4.85. The molecule has 94 valence electrons. The Bertz CT molecular complexity index is 750. The third-order valence-corrected chi connectivity index (χ3v) is 3.78. The molecule has 0 saturated carbocycles. The van der Waals surface area contributed by atoms with Crippen molar-refractivity contribution in [2.24, 2.45) is 9.98 Å². The summed E-state index contributed by atoms with van der Waals surface area (Å²) in [6, 6.07) is 10.1. The molecule has 0 bridgehead atoms. The van der Waals surface area contributed by atoms with Crippen LogP contribution in [0.1, 0.15) is 16.1 Å². The fraction of sp³-hybridized carbons (Fsp3) is 0.143. The zero-order valence-electron chi connectivity index (χ0n) is 9.95. The van der Waals surface area contributed by atoms with Gasteiger partial charge in [-0.05, 0) is 23.6 Å². The van der Waals surface area contributed by atoms with Crippen molar-refractivity contribution in [3.8, 4) is 0 Å². The van der Waals surface area contributed by atoms with Crippen LogP contribution < -0.4 is 10.7 Å². The number of amides is 1. The number of carbonyl (C=O) groups is 2. The summed E-state index contributed by atoms with van der Waals surface area (Å²) in [5, 5.41) is 3.09. The van der Waals surface area contributed by atoms with Gasteiger partial charge in [0.05, 0.1) is 15.6 Å². The average Bonchev–Trinajstić information content (AvgIpc) is 2.93. The maximum Gasteiger partial charge on any atom is 0.271 e. The minimum atomic E-state index is -0.690. The summed E-state index contributed by atoms with van der Waals surface area (Å²) in [5.74, 6) is -0.407. The van der Waals surface area contributed by atoms with Gasteiger partial charge in [0.25, 0.3) is 5.91 Å². The van der Waals surface area contributed by atoms with Crippen LogP contribution in [0.4, 0.5) is 0 Å². The van der Waals surface area contributed by atoms with Gasteiger partial charge in [-0.2, -0.15) is 0 Å². The molecule has 5 heteroatoms. The van der Waals surface area contributed by atoms with Crippen molar-refractivity contribution >= 4 is 23.0 Å². The quantitative estimate of drug-likeness (QED) is 0.786. The van der Waals surface area contributed by atoms with Gasteiger partial charge in [-0.15, -0.1) is 11.3 Å². The number of carbonyl (C=O) groups excluding carboxylic acids is 2. The first-order valence-corrected chi connectivity index (χ1v) is 6.74. The van der Waals surface area contributed by atoms with Gasteiger partial charge in [0.2, 0.25) is 0 Å². The van der Waals surface area contributed by atoms with E-state index in [0.29, 0.717) is 15.6 Å². The minimum Gasteiger partial charge on any atom is -0.293 e. The molecular weight excluding hydrogens is 260 g/mol. The molecule has 1 aliphatic heterocycles. The molecule has 1 atom stereocenters. The maximum atomic E-state index is 12.0. The van der Waals surface area contributed by atoms with Crippen LogP contribution in [0, 0.1) is 0 Å². The molecule has 4 nitrogen and oxygen atoms in total.